The summed E-state index contributed by atoms with van der Waals surface area (Å²) in [6, 6.07) is 17.7. The Morgan fingerprint density at radius 3 is 2.52 bits per heavy atom. The summed E-state index contributed by atoms with van der Waals surface area (Å²) in [4.78, 5) is 27.9. The molecule has 4 rings (SSSR count). The van der Waals surface area contributed by atoms with E-state index in [0.29, 0.717) is 34.2 Å². The minimum absolute atomic E-state index is 0.0901. The van der Waals surface area contributed by atoms with Crippen molar-refractivity contribution in [1.29, 1.82) is 0 Å². The predicted octanol–water partition coefficient (Wildman–Crippen LogP) is 6.09. The maximum atomic E-state index is 12.7. The quantitative estimate of drug-likeness (QED) is 0.314. The van der Waals surface area contributed by atoms with Crippen LogP contribution in [0.4, 0.5) is 11.4 Å². The maximum absolute atomic E-state index is 12.7. The number of benzene rings is 3. The van der Waals surface area contributed by atoms with Gasteiger partial charge >= 0.3 is 0 Å². The summed E-state index contributed by atoms with van der Waals surface area (Å²) in [5.41, 5.74) is 4.33. The van der Waals surface area contributed by atoms with Crippen molar-refractivity contribution >= 4 is 28.4 Å². The van der Waals surface area contributed by atoms with Crippen molar-refractivity contribution in [2.75, 3.05) is 5.32 Å². The van der Waals surface area contributed by atoms with Crippen LogP contribution < -0.4 is 5.32 Å². The molecular weight excluding hydrogens is 394 g/mol. The molecule has 31 heavy (non-hydrogen) atoms. The second-order valence-corrected chi connectivity index (χ2v) is 7.64. The van der Waals surface area contributed by atoms with E-state index in [2.05, 4.69) is 36.3 Å². The molecule has 0 aliphatic heterocycles. The van der Waals surface area contributed by atoms with Gasteiger partial charge in [0, 0.05) is 28.4 Å². The van der Waals surface area contributed by atoms with Gasteiger partial charge in [0.1, 0.15) is 5.52 Å². The minimum Gasteiger partial charge on any atom is -0.436 e. The van der Waals surface area contributed by atoms with Gasteiger partial charge in [-0.2, -0.15) is 0 Å². The number of nitro groups is 1. The van der Waals surface area contributed by atoms with Crippen molar-refractivity contribution in [3.8, 4) is 11.5 Å². The van der Waals surface area contributed by atoms with Gasteiger partial charge in [-0.15, -0.1) is 0 Å². The van der Waals surface area contributed by atoms with Gasteiger partial charge in [-0.25, -0.2) is 4.98 Å². The van der Waals surface area contributed by atoms with Crippen LogP contribution in [0.5, 0.6) is 0 Å². The predicted molar refractivity (Wildman–Crippen MR) is 119 cm³/mol. The number of anilines is 1. The lowest BCUT2D eigenvalue weighted by molar-refractivity contribution is -0.385. The third-order valence-corrected chi connectivity index (χ3v) is 5.22. The number of nitrogens with one attached hydrogen (secondary N) is 1. The second-order valence-electron chi connectivity index (χ2n) is 7.64. The largest absolute Gasteiger partial charge is 0.436 e. The first-order valence-electron chi connectivity index (χ1n) is 9.90. The first-order chi connectivity index (χ1) is 14.8. The van der Waals surface area contributed by atoms with Gasteiger partial charge in [-0.1, -0.05) is 32.0 Å². The van der Waals surface area contributed by atoms with E-state index >= 15 is 0 Å². The Morgan fingerprint density at radius 2 is 1.84 bits per heavy atom. The Kier molecular flexibility index (Phi) is 5.25. The van der Waals surface area contributed by atoms with Crippen molar-refractivity contribution in [3.05, 3.63) is 87.5 Å². The van der Waals surface area contributed by atoms with Crippen molar-refractivity contribution in [3.63, 3.8) is 0 Å². The van der Waals surface area contributed by atoms with Crippen molar-refractivity contribution in [2.24, 2.45) is 0 Å². The third-order valence-electron chi connectivity index (χ3n) is 5.22. The molecule has 7 nitrogen and oxygen atoms in total. The summed E-state index contributed by atoms with van der Waals surface area (Å²) in [6.45, 7) is 5.84. The molecule has 1 N–H and O–H groups in total. The molecule has 1 aromatic heterocycles. The number of fused-ring (bicyclic) bond motifs is 1. The summed E-state index contributed by atoms with van der Waals surface area (Å²) in [7, 11) is 0. The van der Waals surface area contributed by atoms with E-state index in [4.69, 9.17) is 4.42 Å². The smallest absolute Gasteiger partial charge is 0.273 e. The SMILES string of the molecule is Cc1c(C(=O)Nc2ccc3oc(-c4ccc(C(C)C)cc4)nc3c2)cccc1[N+](=O)[O-]. The van der Waals surface area contributed by atoms with Gasteiger partial charge in [-0.3, -0.25) is 14.9 Å². The highest BCUT2D eigenvalue weighted by Gasteiger charge is 2.18. The maximum Gasteiger partial charge on any atom is 0.273 e. The van der Waals surface area contributed by atoms with Crippen LogP contribution in [0.2, 0.25) is 0 Å². The average Bonchev–Trinajstić information content (AvgIpc) is 3.17. The molecule has 0 saturated heterocycles. The van der Waals surface area contributed by atoms with E-state index in [1.54, 1.807) is 31.2 Å². The fraction of sp³-hybridized carbons (Fsp3) is 0.167. The highest BCUT2D eigenvalue weighted by Crippen LogP contribution is 2.28. The van der Waals surface area contributed by atoms with Crippen LogP contribution >= 0.6 is 0 Å². The van der Waals surface area contributed by atoms with Crippen LogP contribution in [0.15, 0.2) is 65.1 Å². The number of hydrogen-bond donors (Lipinski definition) is 1. The number of amides is 1. The molecule has 3 aromatic carbocycles. The molecule has 7 heteroatoms. The summed E-state index contributed by atoms with van der Waals surface area (Å²) in [6.07, 6.45) is 0. The van der Waals surface area contributed by atoms with Crippen molar-refractivity contribution in [1.82, 2.24) is 4.98 Å². The molecule has 0 radical (unpaired) electrons. The van der Waals surface area contributed by atoms with E-state index in [9.17, 15) is 14.9 Å². The van der Waals surface area contributed by atoms with Gasteiger partial charge in [0.2, 0.25) is 5.89 Å². The molecule has 0 aliphatic rings. The summed E-state index contributed by atoms with van der Waals surface area (Å²) >= 11 is 0. The van der Waals surface area contributed by atoms with Gasteiger partial charge in [0.15, 0.2) is 5.58 Å². The van der Waals surface area contributed by atoms with Gasteiger partial charge < -0.3 is 9.73 Å². The Bertz CT molecular complexity index is 1290. The number of carbonyl (C=O) groups excluding carboxylic acids is 1. The number of carbonyl (C=O) groups is 1. The number of rotatable bonds is 5. The van der Waals surface area contributed by atoms with Gasteiger partial charge in [0.25, 0.3) is 11.6 Å². The van der Waals surface area contributed by atoms with Crippen LogP contribution in [0.3, 0.4) is 0 Å². The van der Waals surface area contributed by atoms with E-state index in [1.165, 1.54) is 17.7 Å². The molecular formula is C24H21N3O4. The van der Waals surface area contributed by atoms with Crippen LogP contribution in [0, 0.1) is 17.0 Å². The highest BCUT2D eigenvalue weighted by molar-refractivity contribution is 6.06. The minimum atomic E-state index is -0.497. The van der Waals surface area contributed by atoms with Crippen LogP contribution in [-0.2, 0) is 0 Å². The molecule has 0 bridgehead atoms. The molecule has 0 fully saturated rings. The Balaban J connectivity index is 1.59. The Labute approximate surface area is 178 Å². The summed E-state index contributed by atoms with van der Waals surface area (Å²) in [5.74, 6) is 0.524. The molecule has 0 unspecified atom stereocenters. The summed E-state index contributed by atoms with van der Waals surface area (Å²) < 4.78 is 5.86. The standard InChI is InChI=1S/C24H21N3O4/c1-14(2)16-7-9-17(10-8-16)24-26-20-13-18(11-12-22(20)31-24)25-23(28)19-5-4-6-21(15(19)3)27(29)30/h4-14H,1-3H3,(H,25,28). The van der Waals surface area contributed by atoms with Gasteiger partial charge in [-0.05, 0) is 54.8 Å². The number of oxazole rings is 1. The molecule has 4 aromatic rings. The first-order valence-corrected chi connectivity index (χ1v) is 9.90. The number of nitro benzene ring substituents is 1. The highest BCUT2D eigenvalue weighted by atomic mass is 16.6. The lowest BCUT2D eigenvalue weighted by Crippen LogP contribution is -2.14. The average molecular weight is 415 g/mol. The fourth-order valence-corrected chi connectivity index (χ4v) is 3.40. The molecule has 0 aliphatic carbocycles. The third kappa shape index (κ3) is 4.02. The molecule has 0 saturated carbocycles. The van der Waals surface area contributed by atoms with Crippen molar-refractivity contribution < 1.29 is 14.1 Å². The fourth-order valence-electron chi connectivity index (χ4n) is 3.40. The normalized spacial score (nSPS) is 11.1. The van der Waals surface area contributed by atoms with Crippen LogP contribution in [0.25, 0.3) is 22.6 Å². The van der Waals surface area contributed by atoms with Gasteiger partial charge in [0.05, 0.1) is 4.92 Å². The van der Waals surface area contributed by atoms with E-state index in [1.807, 2.05) is 12.1 Å². The summed E-state index contributed by atoms with van der Waals surface area (Å²) in [5, 5.41) is 13.9. The van der Waals surface area contributed by atoms with Crippen molar-refractivity contribution in [2.45, 2.75) is 26.7 Å². The Morgan fingerprint density at radius 1 is 1.10 bits per heavy atom. The molecule has 1 heterocycles. The Hall–Kier alpha value is -4.00. The van der Waals surface area contributed by atoms with E-state index in [-0.39, 0.29) is 11.3 Å². The first kappa shape index (κ1) is 20.3. The molecule has 0 spiro atoms. The van der Waals surface area contributed by atoms with E-state index < -0.39 is 10.8 Å². The number of aromatic nitrogens is 1. The molecule has 1 amide bonds. The number of hydrogen-bond acceptors (Lipinski definition) is 5. The topological polar surface area (TPSA) is 98.3 Å². The molecule has 0 atom stereocenters. The lowest BCUT2D eigenvalue weighted by atomic mass is 10.0. The van der Waals surface area contributed by atoms with Crippen LogP contribution in [-0.4, -0.2) is 15.8 Å². The number of nitrogens with zero attached hydrogens (tertiary/aromatic N) is 2. The van der Waals surface area contributed by atoms with E-state index in [0.717, 1.165) is 5.56 Å². The van der Waals surface area contributed by atoms with Crippen LogP contribution in [0.1, 0.15) is 41.3 Å². The zero-order chi connectivity index (χ0) is 22.1. The zero-order valence-corrected chi connectivity index (χ0v) is 17.4. The second kappa shape index (κ2) is 8.02. The monoisotopic (exact) mass is 415 g/mol. The molecule has 156 valence electrons. The zero-order valence-electron chi connectivity index (χ0n) is 17.4. The lowest BCUT2D eigenvalue weighted by Gasteiger charge is -2.07.